The van der Waals surface area contributed by atoms with Crippen LogP contribution < -0.4 is 0 Å². The summed E-state index contributed by atoms with van der Waals surface area (Å²) in [6.07, 6.45) is 12.3. The molecule has 0 fully saturated rings. The van der Waals surface area contributed by atoms with Crippen LogP contribution in [-0.4, -0.2) is 55.3 Å². The molecular weight excluding hydrogens is 653 g/mol. The zero-order chi connectivity index (χ0) is 35.1. The molecule has 0 aromatic heterocycles. The van der Waals surface area contributed by atoms with E-state index in [-0.39, 0.29) is 23.8 Å². The predicted octanol–water partition coefficient (Wildman–Crippen LogP) is 11.9. The molecule has 3 aromatic rings. The van der Waals surface area contributed by atoms with E-state index in [1.165, 1.54) is 52.5 Å². The minimum atomic E-state index is 0.0636. The Morgan fingerprint density at radius 3 is 1.29 bits per heavy atom. The average molecular weight is 713 g/mol. The van der Waals surface area contributed by atoms with Gasteiger partial charge in [0, 0.05) is 47.5 Å². The van der Waals surface area contributed by atoms with Gasteiger partial charge in [0.25, 0.3) is 0 Å². The van der Waals surface area contributed by atoms with Crippen LogP contribution in [0.4, 0.5) is 0 Å². The Hall–Kier alpha value is -2.03. The molecule has 4 nitrogen and oxygen atoms in total. The molecule has 2 atom stereocenters. The molecule has 0 aliphatic carbocycles. The fourth-order valence-corrected chi connectivity index (χ4v) is 7.50. The second kappa shape index (κ2) is 31.0. The van der Waals surface area contributed by atoms with E-state index in [1.54, 1.807) is 39.8 Å². The number of unbranched alkanes of at least 4 members (excludes halogenated alkanes) is 5. The average Bonchev–Trinajstić information content (AvgIpc) is 3.10. The lowest BCUT2D eigenvalue weighted by molar-refractivity contribution is -0.120. The summed E-state index contributed by atoms with van der Waals surface area (Å²) in [6, 6.07) is 31.4. The Balaban J connectivity index is 0.000000363. The third-order valence-corrected chi connectivity index (χ3v) is 10.6. The van der Waals surface area contributed by atoms with E-state index >= 15 is 0 Å². The summed E-state index contributed by atoms with van der Waals surface area (Å²) in [5, 5.41) is 0. The van der Waals surface area contributed by atoms with E-state index < -0.39 is 0 Å². The van der Waals surface area contributed by atoms with E-state index in [2.05, 4.69) is 73.7 Å². The van der Waals surface area contributed by atoms with E-state index in [1.807, 2.05) is 47.8 Å². The van der Waals surface area contributed by atoms with Crippen LogP contribution in [0.15, 0.2) is 106 Å². The predicted molar refractivity (Wildman–Crippen MR) is 211 cm³/mol. The van der Waals surface area contributed by atoms with Gasteiger partial charge in [-0.25, -0.2) is 0 Å². The second-order valence-electron chi connectivity index (χ2n) is 11.7. The van der Waals surface area contributed by atoms with Gasteiger partial charge in [0.05, 0.1) is 12.2 Å². The first-order valence-corrected chi connectivity index (χ1v) is 20.4. The fraction of sp³-hybridized carbons (Fsp3) is 0.512. The van der Waals surface area contributed by atoms with E-state index in [0.717, 1.165) is 37.2 Å². The molecule has 48 heavy (non-hydrogen) atoms. The van der Waals surface area contributed by atoms with Gasteiger partial charge in [0.2, 0.25) is 0 Å². The van der Waals surface area contributed by atoms with Crippen LogP contribution in [0.3, 0.4) is 0 Å². The fourth-order valence-electron chi connectivity index (χ4n) is 4.67. The number of ketones is 2. The molecule has 266 valence electrons. The van der Waals surface area contributed by atoms with Crippen molar-refractivity contribution in [3.63, 3.8) is 0 Å². The highest BCUT2D eigenvalue weighted by atomic mass is 32.2. The van der Waals surface area contributed by atoms with Gasteiger partial charge in [-0.05, 0) is 87.4 Å². The molecule has 0 heterocycles. The van der Waals surface area contributed by atoms with Crippen molar-refractivity contribution in [1.29, 1.82) is 0 Å². The summed E-state index contributed by atoms with van der Waals surface area (Å²) in [6.45, 7) is 5.49. The van der Waals surface area contributed by atoms with E-state index in [0.29, 0.717) is 12.8 Å². The van der Waals surface area contributed by atoms with Crippen LogP contribution >= 0.6 is 35.3 Å². The first-order valence-electron chi connectivity index (χ1n) is 17.5. The first-order chi connectivity index (χ1) is 23.4. The van der Waals surface area contributed by atoms with Gasteiger partial charge in [0.15, 0.2) is 0 Å². The highest BCUT2D eigenvalue weighted by Crippen LogP contribution is 2.21. The molecule has 7 heteroatoms. The third kappa shape index (κ3) is 25.9. The maximum Gasteiger partial charge on any atom is 0.132 e. The van der Waals surface area contributed by atoms with Gasteiger partial charge < -0.3 is 9.47 Å². The number of hydrogen-bond acceptors (Lipinski definition) is 7. The molecule has 0 saturated carbocycles. The number of carbonyl (C=O) groups excluding carboxylic acids is 2. The van der Waals surface area contributed by atoms with Gasteiger partial charge in [0.1, 0.15) is 11.6 Å². The Bertz CT molecular complexity index is 1160. The number of methoxy groups -OCH3 is 2. The minimum absolute atomic E-state index is 0.0636. The maximum atomic E-state index is 11.0. The van der Waals surface area contributed by atoms with Crippen molar-refractivity contribution in [1.82, 2.24) is 0 Å². The smallest absolute Gasteiger partial charge is 0.132 e. The number of hydrogen-bond donors (Lipinski definition) is 0. The zero-order valence-electron chi connectivity index (χ0n) is 30.1. The van der Waals surface area contributed by atoms with Crippen molar-refractivity contribution in [3.8, 4) is 0 Å². The second-order valence-corrected chi connectivity index (χ2v) is 15.2. The summed E-state index contributed by atoms with van der Waals surface area (Å²) in [7, 11) is 3.35. The normalized spacial score (nSPS) is 11.8. The summed E-state index contributed by atoms with van der Waals surface area (Å²) >= 11 is 5.66. The number of thioether (sulfide) groups is 3. The monoisotopic (exact) mass is 712 g/mol. The van der Waals surface area contributed by atoms with Gasteiger partial charge in [-0.1, -0.05) is 93.6 Å². The Morgan fingerprint density at radius 2 is 0.896 bits per heavy atom. The zero-order valence-corrected chi connectivity index (χ0v) is 32.5. The van der Waals surface area contributed by atoms with Crippen LogP contribution in [0, 0.1) is 0 Å². The SMILES string of the molecule is CCCCCCCSc1ccccc1.COC(CCCCSc1ccccc1)CC(C)=O.COC(CCSc1ccccc1)CC(C)=O. The number of carbonyl (C=O) groups is 2. The number of Topliss-reactive ketones (excluding diaryl/α,β-unsaturated/α-hetero) is 2. The molecule has 0 bridgehead atoms. The standard InChI is InChI=1S/C15H22O2S.C13H18O2S.C13H20S/c1-13(16)12-14(17-2)8-6-7-11-18-15-9-4-3-5-10-15;1-11(14)10-12(15-2)8-9-16-13-6-4-3-5-7-13;1-2-3-4-5-9-12-14-13-10-7-6-8-11-13/h3-5,9-10,14H,6-8,11-12H2,1-2H3;3-7,12H,8-10H2,1-2H3;6-8,10-11H,2-5,9,12H2,1H3. The highest BCUT2D eigenvalue weighted by molar-refractivity contribution is 7.99. The quantitative estimate of drug-likeness (QED) is 0.0716. The molecule has 2 unspecified atom stereocenters. The molecule has 0 saturated heterocycles. The van der Waals surface area contributed by atoms with Gasteiger partial charge in [-0.2, -0.15) is 0 Å². The minimum Gasteiger partial charge on any atom is -0.381 e. The molecule has 0 aliphatic rings. The summed E-state index contributed by atoms with van der Waals surface area (Å²) < 4.78 is 10.6. The van der Waals surface area contributed by atoms with Crippen molar-refractivity contribution in [2.75, 3.05) is 31.5 Å². The van der Waals surface area contributed by atoms with Crippen LogP contribution in [0.1, 0.15) is 91.4 Å². The molecule has 0 radical (unpaired) electrons. The summed E-state index contributed by atoms with van der Waals surface area (Å²) in [5.74, 6) is 3.78. The topological polar surface area (TPSA) is 52.6 Å². The van der Waals surface area contributed by atoms with Crippen molar-refractivity contribution in [3.05, 3.63) is 91.0 Å². The first kappa shape index (κ1) is 44.0. The number of rotatable bonds is 23. The largest absolute Gasteiger partial charge is 0.381 e. The van der Waals surface area contributed by atoms with Crippen molar-refractivity contribution in [2.24, 2.45) is 0 Å². The number of benzene rings is 3. The third-order valence-electron chi connectivity index (χ3n) is 7.34. The molecule has 3 aromatic carbocycles. The van der Waals surface area contributed by atoms with Crippen LogP contribution in [0.2, 0.25) is 0 Å². The lowest BCUT2D eigenvalue weighted by Gasteiger charge is -2.13. The Labute approximate surface area is 305 Å². The van der Waals surface area contributed by atoms with Crippen molar-refractivity contribution >= 4 is 46.9 Å². The molecular formula is C41H60O4S3. The van der Waals surface area contributed by atoms with E-state index in [9.17, 15) is 9.59 Å². The highest BCUT2D eigenvalue weighted by Gasteiger charge is 2.10. The number of ether oxygens (including phenoxy) is 2. The molecule has 0 spiro atoms. The van der Waals surface area contributed by atoms with Gasteiger partial charge in [-0.15, -0.1) is 35.3 Å². The van der Waals surface area contributed by atoms with Gasteiger partial charge in [-0.3, -0.25) is 9.59 Å². The van der Waals surface area contributed by atoms with Crippen LogP contribution in [-0.2, 0) is 19.1 Å². The van der Waals surface area contributed by atoms with Crippen LogP contribution in [0.25, 0.3) is 0 Å². The Kier molecular flexibility index (Phi) is 28.4. The lowest BCUT2D eigenvalue weighted by Crippen LogP contribution is -2.15. The van der Waals surface area contributed by atoms with Crippen molar-refractivity contribution in [2.45, 2.75) is 118 Å². The molecule has 0 amide bonds. The van der Waals surface area contributed by atoms with E-state index in [4.69, 9.17) is 9.47 Å². The van der Waals surface area contributed by atoms with Crippen LogP contribution in [0.5, 0.6) is 0 Å². The molecule has 3 rings (SSSR count). The van der Waals surface area contributed by atoms with Gasteiger partial charge >= 0.3 is 0 Å². The lowest BCUT2D eigenvalue weighted by atomic mass is 10.1. The molecule has 0 aliphatic heterocycles. The maximum absolute atomic E-state index is 11.0. The summed E-state index contributed by atoms with van der Waals surface area (Å²) in [4.78, 5) is 26.0. The summed E-state index contributed by atoms with van der Waals surface area (Å²) in [5.41, 5.74) is 0. The molecule has 0 N–H and O–H groups in total. The van der Waals surface area contributed by atoms with Crippen molar-refractivity contribution < 1.29 is 19.1 Å². The Morgan fingerprint density at radius 1 is 0.521 bits per heavy atom.